The molecule has 100 valence electrons. The molecule has 0 amide bonds. The van der Waals surface area contributed by atoms with Gasteiger partial charge in [0, 0.05) is 12.4 Å². The lowest BCUT2D eigenvalue weighted by molar-refractivity contribution is -0.147. The van der Waals surface area contributed by atoms with Crippen LogP contribution in [0.4, 0.5) is 0 Å². The van der Waals surface area contributed by atoms with Crippen LogP contribution in [0.5, 0.6) is 0 Å². The highest BCUT2D eigenvalue weighted by atomic mass is 32.2. The van der Waals surface area contributed by atoms with E-state index in [2.05, 4.69) is 9.72 Å². The summed E-state index contributed by atoms with van der Waals surface area (Å²) in [6.07, 6.45) is 1.99. The van der Waals surface area contributed by atoms with Gasteiger partial charge in [-0.25, -0.2) is 8.42 Å². The molecule has 0 saturated heterocycles. The highest BCUT2D eigenvalue weighted by Crippen LogP contribution is 2.08. The van der Waals surface area contributed by atoms with Crippen molar-refractivity contribution < 1.29 is 27.9 Å². The van der Waals surface area contributed by atoms with Crippen LogP contribution in [-0.2, 0) is 24.3 Å². The van der Waals surface area contributed by atoms with Crippen molar-refractivity contribution in [3.05, 3.63) is 18.5 Å². The SMILES string of the molecule is COC(=O)C[C@H](NS(=O)(=O)c1cc[nH]c1)C(=O)O. The first-order valence-electron chi connectivity index (χ1n) is 4.81. The Morgan fingerprint density at radius 2 is 2.22 bits per heavy atom. The summed E-state index contributed by atoms with van der Waals surface area (Å²) < 4.78 is 29.7. The minimum Gasteiger partial charge on any atom is -0.480 e. The van der Waals surface area contributed by atoms with Gasteiger partial charge < -0.3 is 14.8 Å². The molecule has 0 bridgehead atoms. The lowest BCUT2D eigenvalue weighted by Gasteiger charge is -2.12. The minimum atomic E-state index is -3.98. The number of carbonyl (C=O) groups excluding carboxylic acids is 1. The van der Waals surface area contributed by atoms with Gasteiger partial charge in [-0.1, -0.05) is 0 Å². The standard InChI is InChI=1S/C9H12N2O6S/c1-17-8(12)4-7(9(13)14)11-18(15,16)6-2-3-10-5-6/h2-3,5,7,10-11H,4H2,1H3,(H,13,14)/t7-/m0/s1. The van der Waals surface area contributed by atoms with E-state index in [1.54, 1.807) is 0 Å². The molecular formula is C9H12N2O6S. The number of aromatic nitrogens is 1. The second-order valence-electron chi connectivity index (χ2n) is 3.34. The van der Waals surface area contributed by atoms with Gasteiger partial charge in [0.1, 0.15) is 6.04 Å². The summed E-state index contributed by atoms with van der Waals surface area (Å²) in [5, 5.41) is 8.84. The topological polar surface area (TPSA) is 126 Å². The second-order valence-corrected chi connectivity index (χ2v) is 5.05. The zero-order chi connectivity index (χ0) is 13.8. The number of sulfonamides is 1. The number of ether oxygens (including phenoxy) is 1. The third kappa shape index (κ3) is 3.57. The molecule has 9 heteroatoms. The number of carboxylic acid groups (broad SMARTS) is 1. The Morgan fingerprint density at radius 1 is 1.56 bits per heavy atom. The van der Waals surface area contributed by atoms with E-state index in [0.29, 0.717) is 0 Å². The first-order chi connectivity index (χ1) is 8.36. The van der Waals surface area contributed by atoms with Crippen molar-refractivity contribution in [2.75, 3.05) is 7.11 Å². The van der Waals surface area contributed by atoms with E-state index in [1.807, 2.05) is 4.72 Å². The van der Waals surface area contributed by atoms with E-state index >= 15 is 0 Å². The van der Waals surface area contributed by atoms with Crippen LogP contribution in [0.3, 0.4) is 0 Å². The molecular weight excluding hydrogens is 264 g/mol. The Balaban J connectivity index is 2.85. The fourth-order valence-electron chi connectivity index (χ4n) is 1.16. The van der Waals surface area contributed by atoms with Crippen molar-refractivity contribution in [2.24, 2.45) is 0 Å². The van der Waals surface area contributed by atoms with Crippen LogP contribution in [0, 0.1) is 0 Å². The molecule has 0 aliphatic heterocycles. The molecule has 0 saturated carbocycles. The third-order valence-corrected chi connectivity index (χ3v) is 3.54. The zero-order valence-corrected chi connectivity index (χ0v) is 10.2. The smallest absolute Gasteiger partial charge is 0.322 e. The Labute approximate surface area is 103 Å². The number of carboxylic acids is 1. The van der Waals surface area contributed by atoms with Crippen molar-refractivity contribution in [3.8, 4) is 0 Å². The number of aliphatic carboxylic acids is 1. The molecule has 0 unspecified atom stereocenters. The number of hydrogen-bond acceptors (Lipinski definition) is 5. The molecule has 0 spiro atoms. The highest BCUT2D eigenvalue weighted by Gasteiger charge is 2.28. The van der Waals surface area contributed by atoms with Crippen molar-refractivity contribution in [1.29, 1.82) is 0 Å². The molecule has 18 heavy (non-hydrogen) atoms. The average molecular weight is 276 g/mol. The number of carbonyl (C=O) groups is 2. The second kappa shape index (κ2) is 5.65. The van der Waals surface area contributed by atoms with Crippen LogP contribution < -0.4 is 4.72 Å². The lowest BCUT2D eigenvalue weighted by Crippen LogP contribution is -2.42. The predicted molar refractivity (Wildman–Crippen MR) is 59.2 cm³/mol. The number of aromatic amines is 1. The van der Waals surface area contributed by atoms with Crippen molar-refractivity contribution in [2.45, 2.75) is 17.4 Å². The third-order valence-electron chi connectivity index (χ3n) is 2.07. The summed E-state index contributed by atoms with van der Waals surface area (Å²) >= 11 is 0. The minimum absolute atomic E-state index is 0.112. The number of H-pyrrole nitrogens is 1. The van der Waals surface area contributed by atoms with E-state index in [4.69, 9.17) is 5.11 Å². The summed E-state index contributed by atoms with van der Waals surface area (Å²) in [4.78, 5) is 24.2. The maximum atomic E-state index is 11.7. The molecule has 3 N–H and O–H groups in total. The fourth-order valence-corrected chi connectivity index (χ4v) is 2.33. The molecule has 8 nitrogen and oxygen atoms in total. The molecule has 1 aromatic rings. The highest BCUT2D eigenvalue weighted by molar-refractivity contribution is 7.89. The largest absolute Gasteiger partial charge is 0.480 e. The summed E-state index contributed by atoms with van der Waals surface area (Å²) in [6.45, 7) is 0. The number of methoxy groups -OCH3 is 1. The van der Waals surface area contributed by atoms with Gasteiger partial charge in [0.25, 0.3) is 0 Å². The van der Waals surface area contributed by atoms with Crippen LogP contribution >= 0.6 is 0 Å². The fraction of sp³-hybridized carbons (Fsp3) is 0.333. The van der Waals surface area contributed by atoms with E-state index < -0.39 is 34.4 Å². The van der Waals surface area contributed by atoms with Crippen molar-refractivity contribution in [1.82, 2.24) is 9.71 Å². The Morgan fingerprint density at radius 3 is 2.67 bits per heavy atom. The van der Waals surface area contributed by atoms with Crippen LogP contribution in [-0.4, -0.2) is 43.6 Å². The van der Waals surface area contributed by atoms with Gasteiger partial charge in [-0.3, -0.25) is 9.59 Å². The molecule has 0 aromatic carbocycles. The monoisotopic (exact) mass is 276 g/mol. The van der Waals surface area contributed by atoms with E-state index in [1.165, 1.54) is 18.5 Å². The molecule has 1 atom stereocenters. The molecule has 0 aliphatic carbocycles. The number of hydrogen-bond donors (Lipinski definition) is 3. The van der Waals surface area contributed by atoms with Crippen LogP contribution in [0.1, 0.15) is 6.42 Å². The molecule has 1 heterocycles. The van der Waals surface area contributed by atoms with Gasteiger partial charge in [0.2, 0.25) is 10.0 Å². The van der Waals surface area contributed by atoms with Gasteiger partial charge in [0.05, 0.1) is 18.4 Å². The first kappa shape index (κ1) is 14.2. The summed E-state index contributed by atoms with van der Waals surface area (Å²) in [5.74, 6) is -2.28. The van der Waals surface area contributed by atoms with Crippen LogP contribution in [0.25, 0.3) is 0 Å². The predicted octanol–water partition coefficient (Wildman–Crippen LogP) is -0.691. The quantitative estimate of drug-likeness (QED) is 0.590. The zero-order valence-electron chi connectivity index (χ0n) is 9.41. The maximum Gasteiger partial charge on any atom is 0.322 e. The summed E-state index contributed by atoms with van der Waals surface area (Å²) in [6, 6.07) is -0.309. The first-order valence-corrected chi connectivity index (χ1v) is 6.30. The molecule has 1 aromatic heterocycles. The summed E-state index contributed by atoms with van der Waals surface area (Å²) in [5.41, 5.74) is 0. The Bertz CT molecular complexity index is 521. The Hall–Kier alpha value is -1.87. The van der Waals surface area contributed by atoms with Gasteiger partial charge in [-0.2, -0.15) is 4.72 Å². The molecule has 0 aliphatic rings. The van der Waals surface area contributed by atoms with Gasteiger partial charge in [-0.05, 0) is 6.07 Å². The maximum absolute atomic E-state index is 11.7. The molecule has 0 fully saturated rings. The van der Waals surface area contributed by atoms with E-state index in [-0.39, 0.29) is 4.90 Å². The lowest BCUT2D eigenvalue weighted by atomic mass is 10.2. The van der Waals surface area contributed by atoms with Gasteiger partial charge in [-0.15, -0.1) is 0 Å². The van der Waals surface area contributed by atoms with Crippen LogP contribution in [0.2, 0.25) is 0 Å². The van der Waals surface area contributed by atoms with Crippen LogP contribution in [0.15, 0.2) is 23.4 Å². The Kier molecular flexibility index (Phi) is 4.45. The number of rotatable bonds is 6. The van der Waals surface area contributed by atoms with Crippen molar-refractivity contribution in [3.63, 3.8) is 0 Å². The number of nitrogens with one attached hydrogen (secondary N) is 2. The van der Waals surface area contributed by atoms with E-state index in [0.717, 1.165) is 7.11 Å². The van der Waals surface area contributed by atoms with E-state index in [9.17, 15) is 18.0 Å². The summed E-state index contributed by atoms with van der Waals surface area (Å²) in [7, 11) is -2.90. The van der Waals surface area contributed by atoms with Gasteiger partial charge >= 0.3 is 11.9 Å². The van der Waals surface area contributed by atoms with Gasteiger partial charge in [0.15, 0.2) is 0 Å². The molecule has 1 rings (SSSR count). The molecule has 0 radical (unpaired) electrons. The number of esters is 1. The average Bonchev–Trinajstić information content (AvgIpc) is 2.81. The normalized spacial score (nSPS) is 12.9. The van der Waals surface area contributed by atoms with Crippen molar-refractivity contribution >= 4 is 22.0 Å².